The zero-order valence-corrected chi connectivity index (χ0v) is 61.8. The minimum absolute atomic E-state index is 0.629. The van der Waals surface area contributed by atoms with Crippen molar-refractivity contribution in [1.29, 1.82) is 0 Å². The first-order chi connectivity index (χ1) is 55.6. The van der Waals surface area contributed by atoms with Crippen LogP contribution in [0, 0.1) is 0 Å². The molecule has 0 N–H and O–H groups in total. The van der Waals surface area contributed by atoms with Crippen molar-refractivity contribution in [2.24, 2.45) is 0 Å². The summed E-state index contributed by atoms with van der Waals surface area (Å²) < 4.78 is 9.88. The highest BCUT2D eigenvalue weighted by atomic mass is 32.1. The molecule has 8 aromatic heterocycles. The van der Waals surface area contributed by atoms with Gasteiger partial charge in [0.25, 0.3) is 0 Å². The standard InChI is InChI=1S/C51H32N4S.C50H31N5S/c1-4-16-34(17-5-1)43-32-44(54-51(53-43)36-18-6-2-7-19-36)35-30-28-33(29-31-35)38-22-10-11-23-39(38)47-46-48-50(56-49(46)40-24-12-14-26-42(40)52-47)41-25-13-15-27-45(41)55(48)37-20-8-3-9-21-37;1-4-16-33(17-5-1)48-52-49(34-18-6-2-7-19-34)54-50(53-48)35-30-28-32(29-31-35)37-22-10-11-23-38(37)44-43-45-47(56-46(43)39-24-12-14-26-41(39)51-44)40-25-13-15-27-42(40)55(45)36-20-8-3-9-21-36/h1-32H;1-31H. The third-order valence-electron chi connectivity index (χ3n) is 21.1. The molecule has 524 valence electrons. The van der Waals surface area contributed by atoms with Gasteiger partial charge in [0.05, 0.1) is 65.3 Å². The molecule has 0 aliphatic carbocycles. The first kappa shape index (κ1) is 65.8. The molecule has 0 fully saturated rings. The third-order valence-corrected chi connectivity index (χ3v) is 23.6. The summed E-state index contributed by atoms with van der Waals surface area (Å²) in [7, 11) is 0. The molecule has 0 saturated carbocycles. The van der Waals surface area contributed by atoms with Crippen molar-refractivity contribution in [2.45, 2.75) is 0 Å². The average molecular weight is 1470 g/mol. The van der Waals surface area contributed by atoms with Gasteiger partial charge in [-0.1, -0.05) is 328 Å². The molecule has 0 saturated heterocycles. The van der Waals surface area contributed by atoms with Crippen LogP contribution in [0.1, 0.15) is 0 Å². The van der Waals surface area contributed by atoms with Crippen molar-refractivity contribution < 1.29 is 0 Å². The lowest BCUT2D eigenvalue weighted by Gasteiger charge is -2.14. The number of pyridine rings is 2. The van der Waals surface area contributed by atoms with E-state index in [1.807, 2.05) is 120 Å². The Morgan fingerprint density at radius 2 is 0.491 bits per heavy atom. The van der Waals surface area contributed by atoms with Gasteiger partial charge in [0, 0.05) is 97.6 Å². The van der Waals surface area contributed by atoms with Gasteiger partial charge in [-0.3, -0.25) is 0 Å². The highest BCUT2D eigenvalue weighted by Crippen LogP contribution is 2.51. The number of hydrogen-bond donors (Lipinski definition) is 0. The maximum Gasteiger partial charge on any atom is 0.164 e. The first-order valence-electron chi connectivity index (χ1n) is 37.4. The number of fused-ring (bicyclic) bond motifs is 14. The molecule has 0 aliphatic heterocycles. The largest absolute Gasteiger partial charge is 0.308 e. The van der Waals surface area contributed by atoms with Crippen LogP contribution in [-0.4, -0.2) is 44.0 Å². The summed E-state index contributed by atoms with van der Waals surface area (Å²) in [6.07, 6.45) is 0. The number of nitrogens with zero attached hydrogens (tertiary/aromatic N) is 9. The van der Waals surface area contributed by atoms with Crippen LogP contribution in [0.25, 0.3) is 208 Å². The van der Waals surface area contributed by atoms with Crippen LogP contribution in [0.5, 0.6) is 0 Å². The molecule has 22 rings (SSSR count). The van der Waals surface area contributed by atoms with E-state index in [0.717, 1.165) is 112 Å². The van der Waals surface area contributed by atoms with E-state index in [9.17, 15) is 0 Å². The number of benzene rings is 14. The zero-order valence-electron chi connectivity index (χ0n) is 60.2. The SMILES string of the molecule is c1ccc(-c2cc(-c3ccc(-c4ccccc4-c4nc5ccccc5c5sc6c7ccccc7n(-c7ccccc7)c6c45)cc3)nc(-c3ccccc3)n2)cc1.c1ccc(-c2nc(-c3ccccc3)nc(-c3ccc(-c4ccccc4-c4nc5ccccc5c5sc6c7ccccc7n(-c7ccccc7)c6c45)cc3)n2)cc1. The van der Waals surface area contributed by atoms with Gasteiger partial charge in [-0.2, -0.15) is 0 Å². The molecule has 0 aliphatic rings. The Labute approximate surface area is 652 Å². The number of thiophene rings is 2. The number of para-hydroxylation sites is 6. The Hall–Kier alpha value is -14.5. The van der Waals surface area contributed by atoms with Crippen molar-refractivity contribution >= 4 is 107 Å². The van der Waals surface area contributed by atoms with Crippen LogP contribution in [-0.2, 0) is 0 Å². The highest BCUT2D eigenvalue weighted by molar-refractivity contribution is 7.28. The fourth-order valence-corrected chi connectivity index (χ4v) is 18.6. The maximum atomic E-state index is 5.51. The highest BCUT2D eigenvalue weighted by Gasteiger charge is 2.27. The monoisotopic (exact) mass is 1470 g/mol. The van der Waals surface area contributed by atoms with E-state index in [-0.39, 0.29) is 0 Å². The van der Waals surface area contributed by atoms with E-state index in [4.69, 9.17) is 34.9 Å². The van der Waals surface area contributed by atoms with Crippen LogP contribution in [0.3, 0.4) is 0 Å². The minimum Gasteiger partial charge on any atom is -0.308 e. The zero-order chi connectivity index (χ0) is 74.0. The lowest BCUT2D eigenvalue weighted by Crippen LogP contribution is -2.00. The van der Waals surface area contributed by atoms with Crippen LogP contribution in [0.2, 0.25) is 0 Å². The molecule has 0 bridgehead atoms. The molecule has 0 spiro atoms. The molecule has 22 aromatic rings. The Bertz CT molecular complexity index is 6770. The van der Waals surface area contributed by atoms with Gasteiger partial charge in [-0.05, 0) is 76.9 Å². The summed E-state index contributed by atoms with van der Waals surface area (Å²) in [5, 5.41) is 7.18. The molecule has 0 atom stereocenters. The maximum absolute atomic E-state index is 5.51. The molecule has 9 nitrogen and oxygen atoms in total. The average Bonchev–Trinajstić information content (AvgIpc) is 1.55. The third kappa shape index (κ3) is 11.6. The molecule has 8 heterocycles. The predicted molar refractivity (Wildman–Crippen MR) is 466 cm³/mol. The quantitative estimate of drug-likeness (QED) is 0.120. The van der Waals surface area contributed by atoms with Gasteiger partial charge in [-0.25, -0.2) is 34.9 Å². The van der Waals surface area contributed by atoms with Crippen LogP contribution in [0.4, 0.5) is 0 Å². The van der Waals surface area contributed by atoms with E-state index in [0.29, 0.717) is 23.3 Å². The fourth-order valence-electron chi connectivity index (χ4n) is 15.9. The van der Waals surface area contributed by atoms with Crippen LogP contribution in [0.15, 0.2) is 382 Å². The lowest BCUT2D eigenvalue weighted by molar-refractivity contribution is 1.07. The second kappa shape index (κ2) is 27.9. The first-order valence-corrected chi connectivity index (χ1v) is 39.1. The van der Waals surface area contributed by atoms with Crippen LogP contribution >= 0.6 is 22.7 Å². The molecule has 0 amide bonds. The Morgan fingerprint density at radius 1 is 0.205 bits per heavy atom. The summed E-state index contributed by atoms with van der Waals surface area (Å²) in [6.45, 7) is 0. The fraction of sp³-hybridized carbons (Fsp3) is 0. The molecule has 14 aromatic carbocycles. The lowest BCUT2D eigenvalue weighted by atomic mass is 9.94. The number of hydrogen-bond acceptors (Lipinski definition) is 9. The van der Waals surface area contributed by atoms with Gasteiger partial charge in [-0.15, -0.1) is 22.7 Å². The topological polar surface area (TPSA) is 100 Å². The smallest absolute Gasteiger partial charge is 0.164 e. The van der Waals surface area contributed by atoms with E-state index in [1.165, 1.54) is 73.2 Å². The normalized spacial score (nSPS) is 11.6. The van der Waals surface area contributed by atoms with Gasteiger partial charge < -0.3 is 9.13 Å². The van der Waals surface area contributed by atoms with Gasteiger partial charge in [0.1, 0.15) is 0 Å². The number of aromatic nitrogens is 9. The van der Waals surface area contributed by atoms with Crippen molar-refractivity contribution in [3.63, 3.8) is 0 Å². The predicted octanol–water partition coefficient (Wildman–Crippen LogP) is 26.7. The summed E-state index contributed by atoms with van der Waals surface area (Å²) >= 11 is 3.74. The number of rotatable bonds is 12. The molecular formula is C101H63N9S2. The molecular weight excluding hydrogens is 1400 g/mol. The summed E-state index contributed by atoms with van der Waals surface area (Å²) in [5.41, 5.74) is 25.2. The molecule has 0 radical (unpaired) electrons. The second-order valence-electron chi connectivity index (χ2n) is 27.8. The Kier molecular flexibility index (Phi) is 16.4. The molecule has 0 unspecified atom stereocenters. The second-order valence-corrected chi connectivity index (χ2v) is 29.8. The van der Waals surface area contributed by atoms with Gasteiger partial charge in [0.2, 0.25) is 0 Å². The summed E-state index contributed by atoms with van der Waals surface area (Å²) in [5.74, 6) is 2.62. The summed E-state index contributed by atoms with van der Waals surface area (Å²) in [4.78, 5) is 35.9. The van der Waals surface area contributed by atoms with Crippen molar-refractivity contribution in [2.75, 3.05) is 0 Å². The minimum atomic E-state index is 0.629. The Balaban J connectivity index is 0.000000141. The van der Waals surface area contributed by atoms with E-state index < -0.39 is 0 Å². The van der Waals surface area contributed by atoms with E-state index in [2.05, 4.69) is 294 Å². The summed E-state index contributed by atoms with van der Waals surface area (Å²) in [6, 6.07) is 133. The van der Waals surface area contributed by atoms with Crippen molar-refractivity contribution in [3.05, 3.63) is 382 Å². The van der Waals surface area contributed by atoms with Crippen molar-refractivity contribution in [1.82, 2.24) is 44.0 Å². The van der Waals surface area contributed by atoms with E-state index >= 15 is 0 Å². The van der Waals surface area contributed by atoms with Gasteiger partial charge >= 0.3 is 0 Å². The van der Waals surface area contributed by atoms with Crippen LogP contribution < -0.4 is 0 Å². The van der Waals surface area contributed by atoms with Gasteiger partial charge in [0.15, 0.2) is 23.3 Å². The van der Waals surface area contributed by atoms with E-state index in [1.54, 1.807) is 0 Å². The molecule has 112 heavy (non-hydrogen) atoms. The van der Waals surface area contributed by atoms with Crippen molar-refractivity contribution in [3.8, 4) is 124 Å². The Morgan fingerprint density at radius 3 is 0.893 bits per heavy atom. The molecule has 11 heteroatoms.